The smallest absolute Gasteiger partial charge is 0.280 e. The van der Waals surface area contributed by atoms with Crippen LogP contribution in [0.15, 0.2) is 105 Å². The highest BCUT2D eigenvalue weighted by Crippen LogP contribution is 2.31. The summed E-state index contributed by atoms with van der Waals surface area (Å²) in [5, 5.41) is 0.226. The molecule has 59 heavy (non-hydrogen) atoms. The zero-order chi connectivity index (χ0) is 42.1. The van der Waals surface area contributed by atoms with E-state index in [1.165, 1.54) is 74.0 Å². The molecule has 18 heteroatoms. The van der Waals surface area contributed by atoms with Gasteiger partial charge in [-0.1, -0.05) is 35.7 Å². The Kier molecular flexibility index (Phi) is 14.3. The Hall–Kier alpha value is -5.88. The number of pyridine rings is 2. The second kappa shape index (κ2) is 19.7. The van der Waals surface area contributed by atoms with Crippen molar-refractivity contribution in [2.45, 2.75) is 42.7 Å². The van der Waals surface area contributed by atoms with E-state index in [2.05, 4.69) is 19.9 Å². The van der Waals surface area contributed by atoms with Crippen molar-refractivity contribution in [3.8, 4) is 45.5 Å². The van der Waals surface area contributed by atoms with Gasteiger partial charge in [0, 0.05) is 47.2 Å². The van der Waals surface area contributed by atoms with Crippen LogP contribution in [0.25, 0.3) is 22.5 Å². The van der Waals surface area contributed by atoms with Crippen LogP contribution in [0.2, 0.25) is 0 Å². The number of rotatable bonds is 18. The van der Waals surface area contributed by atoms with Crippen molar-refractivity contribution >= 4 is 23.5 Å². The monoisotopic (exact) mass is 850 g/mol. The average Bonchev–Trinajstić information content (AvgIpc) is 3.24. The summed E-state index contributed by atoms with van der Waals surface area (Å²) < 4.78 is 80.2. The van der Waals surface area contributed by atoms with E-state index in [1.54, 1.807) is 48.8 Å². The van der Waals surface area contributed by atoms with Crippen LogP contribution in [0.1, 0.15) is 41.8 Å². The first-order valence-electron chi connectivity index (χ1n) is 17.9. The molecule has 0 bridgehead atoms. The van der Waals surface area contributed by atoms with E-state index >= 15 is 0 Å². The third-order valence-corrected chi connectivity index (χ3v) is 10.7. The third-order valence-electron chi connectivity index (χ3n) is 8.81. The Labute approximate surface area is 344 Å². The highest BCUT2D eigenvalue weighted by Gasteiger charge is 2.18. The molecular weight excluding hydrogens is 813 g/mol. The molecule has 4 heterocycles. The molecule has 6 aromatic rings. The van der Waals surface area contributed by atoms with Crippen molar-refractivity contribution in [2.75, 3.05) is 39.9 Å². The fourth-order valence-electron chi connectivity index (χ4n) is 5.88. The maximum Gasteiger partial charge on any atom is 0.280 e. The number of ether oxygens (including phenoxy) is 4. The summed E-state index contributed by atoms with van der Waals surface area (Å²) in [6, 6.07) is 18.6. The van der Waals surface area contributed by atoms with E-state index in [0.717, 1.165) is 34.7 Å². The van der Waals surface area contributed by atoms with Gasteiger partial charge in [0.05, 0.1) is 52.9 Å². The van der Waals surface area contributed by atoms with Crippen molar-refractivity contribution in [2.24, 2.45) is 0 Å². The molecule has 0 aliphatic heterocycles. The Balaban J connectivity index is 1.14. The predicted octanol–water partition coefficient (Wildman–Crippen LogP) is 8.20. The molecule has 0 aliphatic rings. The van der Waals surface area contributed by atoms with E-state index in [9.17, 15) is 27.2 Å². The quantitative estimate of drug-likeness (QED) is 0.0357. The highest BCUT2D eigenvalue weighted by atomic mass is 32.2. The van der Waals surface area contributed by atoms with Crippen LogP contribution in [0, 0.1) is 0 Å². The SMILES string of the molecule is COc1ccc(Cn2cc(-c3cc(C(F)F)nc(SCCCSc4nc(-c5ccc(=O)n(Cc6ccc(OC)c(OC)c6)c5)cc(C(F)F)n4)n3)ccc2=O)cc1OC. The number of hydrogen-bond donors (Lipinski definition) is 0. The van der Waals surface area contributed by atoms with Gasteiger partial charge in [0.25, 0.3) is 24.0 Å². The third kappa shape index (κ3) is 10.8. The summed E-state index contributed by atoms with van der Waals surface area (Å²) in [7, 11) is 6.06. The highest BCUT2D eigenvalue weighted by molar-refractivity contribution is 8.00. The minimum atomic E-state index is -2.87. The fraction of sp³-hybridized carbons (Fsp3) is 0.268. The van der Waals surface area contributed by atoms with E-state index < -0.39 is 24.2 Å². The van der Waals surface area contributed by atoms with Crippen LogP contribution in [0.5, 0.6) is 23.0 Å². The lowest BCUT2D eigenvalue weighted by atomic mass is 10.1. The lowest BCUT2D eigenvalue weighted by molar-refractivity contribution is 0.144. The molecule has 0 aliphatic carbocycles. The first kappa shape index (κ1) is 42.7. The standard InChI is InChI=1S/C41H38F4N6O6S2/c1-54-32-10-6-24(16-34(32)56-3)20-50-22-26(8-12-36(50)52)28-18-30(38(42)43)48-40(46-28)58-14-5-15-59-41-47-29(19-31(49-41)39(44)45)27-9-13-37(53)51(23-27)21-25-7-11-33(55-2)35(17-25)57-4/h6-13,16-19,22-23,38-39H,5,14-15,20-21H2,1-4H3. The summed E-state index contributed by atoms with van der Waals surface area (Å²) in [5.41, 5.74) is 1.28. The molecule has 308 valence electrons. The van der Waals surface area contributed by atoms with Gasteiger partial charge < -0.3 is 28.1 Å². The molecule has 0 radical (unpaired) electrons. The van der Waals surface area contributed by atoms with Crippen molar-refractivity contribution in [3.05, 3.63) is 128 Å². The number of halogens is 4. The maximum absolute atomic E-state index is 14.0. The normalized spacial score (nSPS) is 11.3. The molecule has 6 rings (SSSR count). The molecule has 0 amide bonds. The van der Waals surface area contributed by atoms with Gasteiger partial charge in [-0.15, -0.1) is 0 Å². The number of aromatic nitrogens is 6. The van der Waals surface area contributed by atoms with E-state index in [-0.39, 0.29) is 45.9 Å². The minimum Gasteiger partial charge on any atom is -0.493 e. The van der Waals surface area contributed by atoms with Crippen LogP contribution >= 0.6 is 23.5 Å². The van der Waals surface area contributed by atoms with E-state index in [1.807, 2.05) is 0 Å². The van der Waals surface area contributed by atoms with Crippen molar-refractivity contribution < 1.29 is 36.5 Å². The minimum absolute atomic E-state index is 0.113. The Morgan fingerprint density at radius 3 is 1.32 bits per heavy atom. The molecule has 0 N–H and O–H groups in total. The van der Waals surface area contributed by atoms with Crippen LogP contribution < -0.4 is 30.1 Å². The zero-order valence-electron chi connectivity index (χ0n) is 32.2. The van der Waals surface area contributed by atoms with Crippen LogP contribution in [0.3, 0.4) is 0 Å². The molecule has 0 saturated heterocycles. The summed E-state index contributed by atoms with van der Waals surface area (Å²) in [6.07, 6.45) is -2.14. The largest absolute Gasteiger partial charge is 0.493 e. The van der Waals surface area contributed by atoms with Gasteiger partial charge in [0.2, 0.25) is 0 Å². The number of thioether (sulfide) groups is 2. The Morgan fingerprint density at radius 1 is 0.542 bits per heavy atom. The lowest BCUT2D eigenvalue weighted by Crippen LogP contribution is -2.19. The van der Waals surface area contributed by atoms with E-state index in [0.29, 0.717) is 52.1 Å². The number of benzene rings is 2. The number of nitrogens with zero attached hydrogens (tertiary/aromatic N) is 6. The number of hydrogen-bond acceptors (Lipinski definition) is 12. The topological polar surface area (TPSA) is 132 Å². The number of methoxy groups -OCH3 is 4. The second-order valence-corrected chi connectivity index (χ2v) is 14.8. The van der Waals surface area contributed by atoms with Gasteiger partial charge in [-0.2, -0.15) is 0 Å². The van der Waals surface area contributed by atoms with Gasteiger partial charge in [-0.25, -0.2) is 37.5 Å². The van der Waals surface area contributed by atoms with Crippen molar-refractivity contribution in [1.82, 2.24) is 29.1 Å². The fourth-order valence-corrected chi connectivity index (χ4v) is 7.68. The van der Waals surface area contributed by atoms with Crippen LogP contribution in [-0.4, -0.2) is 69.0 Å². The van der Waals surface area contributed by atoms with Gasteiger partial charge >= 0.3 is 0 Å². The second-order valence-electron chi connectivity index (χ2n) is 12.7. The number of alkyl halides is 4. The summed E-state index contributed by atoms with van der Waals surface area (Å²) in [5.74, 6) is 2.86. The summed E-state index contributed by atoms with van der Waals surface area (Å²) in [6.45, 7) is 0.356. The van der Waals surface area contributed by atoms with Gasteiger partial charge in [-0.05, 0) is 66.1 Å². The summed E-state index contributed by atoms with van der Waals surface area (Å²) in [4.78, 5) is 42.7. The lowest BCUT2D eigenvalue weighted by Gasteiger charge is -2.13. The first-order chi connectivity index (χ1) is 28.5. The van der Waals surface area contributed by atoms with Crippen LogP contribution in [-0.2, 0) is 13.1 Å². The Bertz CT molecular complexity index is 2370. The molecule has 2 aromatic carbocycles. The van der Waals surface area contributed by atoms with Gasteiger partial charge in [0.1, 0.15) is 11.4 Å². The molecule has 0 fully saturated rings. The summed E-state index contributed by atoms with van der Waals surface area (Å²) >= 11 is 2.32. The Morgan fingerprint density at radius 2 is 0.949 bits per heavy atom. The maximum atomic E-state index is 14.0. The first-order valence-corrected chi connectivity index (χ1v) is 19.9. The molecule has 12 nitrogen and oxygen atoms in total. The zero-order valence-corrected chi connectivity index (χ0v) is 33.9. The average molecular weight is 851 g/mol. The van der Waals surface area contributed by atoms with Gasteiger partial charge in [0.15, 0.2) is 33.3 Å². The molecule has 4 aromatic heterocycles. The molecule has 0 atom stereocenters. The van der Waals surface area contributed by atoms with Crippen LogP contribution in [0.4, 0.5) is 17.6 Å². The molecule has 0 unspecified atom stereocenters. The van der Waals surface area contributed by atoms with E-state index in [4.69, 9.17) is 18.9 Å². The van der Waals surface area contributed by atoms with Crippen molar-refractivity contribution in [1.29, 1.82) is 0 Å². The van der Waals surface area contributed by atoms with Gasteiger partial charge in [-0.3, -0.25) is 9.59 Å². The van der Waals surface area contributed by atoms with Crippen molar-refractivity contribution in [3.63, 3.8) is 0 Å². The molecular formula is C41H38F4N6O6S2. The predicted molar refractivity (Wildman–Crippen MR) is 217 cm³/mol. The molecule has 0 saturated carbocycles. The molecule has 0 spiro atoms.